The van der Waals surface area contributed by atoms with E-state index in [-0.39, 0.29) is 11.9 Å². The largest absolute Gasteiger partial charge is 0.352 e. The summed E-state index contributed by atoms with van der Waals surface area (Å²) in [6.45, 7) is 0. The molecular weight excluding hydrogens is 279 g/mol. The van der Waals surface area contributed by atoms with E-state index in [1.165, 1.54) is 36.8 Å². The van der Waals surface area contributed by atoms with Crippen LogP contribution in [0.1, 0.15) is 42.5 Å². The highest BCUT2D eigenvalue weighted by Gasteiger charge is 2.24. The number of rotatable bonds is 3. The van der Waals surface area contributed by atoms with Crippen LogP contribution in [0.3, 0.4) is 0 Å². The van der Waals surface area contributed by atoms with Crippen molar-refractivity contribution in [3.63, 3.8) is 0 Å². The zero-order valence-corrected chi connectivity index (χ0v) is 11.6. The maximum Gasteiger partial charge on any atom is 0.245 e. The topological polar surface area (TPSA) is 42.0 Å². The van der Waals surface area contributed by atoms with E-state index in [9.17, 15) is 4.79 Å². The third-order valence-electron chi connectivity index (χ3n) is 2.89. The zero-order valence-electron chi connectivity index (χ0n) is 9.29. The fraction of sp³-hybridized carbons (Fsp3) is 0.636. The van der Waals surface area contributed by atoms with Gasteiger partial charge in [-0.25, -0.2) is 4.98 Å². The average molecular weight is 293 g/mol. The van der Waals surface area contributed by atoms with Crippen LogP contribution in [0.2, 0.25) is 4.34 Å². The molecule has 3 nitrogen and oxygen atoms in total. The Morgan fingerprint density at radius 2 is 2.18 bits per heavy atom. The average Bonchev–Trinajstić information content (AvgIpc) is 2.76. The van der Waals surface area contributed by atoms with Gasteiger partial charge in [0.1, 0.15) is 9.34 Å². The van der Waals surface area contributed by atoms with Gasteiger partial charge in [-0.05, 0) is 12.8 Å². The summed E-state index contributed by atoms with van der Waals surface area (Å²) in [4.78, 5) is 15.9. The van der Waals surface area contributed by atoms with Gasteiger partial charge in [0.25, 0.3) is 0 Å². The number of alkyl halides is 1. The van der Waals surface area contributed by atoms with Crippen LogP contribution in [0.25, 0.3) is 0 Å². The summed E-state index contributed by atoms with van der Waals surface area (Å²) in [5, 5.41) is 2.81. The maximum atomic E-state index is 11.9. The van der Waals surface area contributed by atoms with Gasteiger partial charge >= 0.3 is 0 Å². The van der Waals surface area contributed by atoms with Gasteiger partial charge in [0.05, 0.1) is 6.20 Å². The molecule has 1 saturated carbocycles. The Bertz CT molecular complexity index is 391. The Morgan fingerprint density at radius 3 is 2.76 bits per heavy atom. The second-order valence-corrected chi connectivity index (χ2v) is 6.34. The summed E-state index contributed by atoms with van der Waals surface area (Å²) in [5.41, 5.74) is 0. The number of hydrogen-bond donors (Lipinski definition) is 1. The van der Waals surface area contributed by atoms with E-state index in [2.05, 4.69) is 10.3 Å². The Morgan fingerprint density at radius 1 is 1.47 bits per heavy atom. The van der Waals surface area contributed by atoms with Crippen LogP contribution in [-0.2, 0) is 4.79 Å². The summed E-state index contributed by atoms with van der Waals surface area (Å²) in [6, 6.07) is 0.271. The fourth-order valence-corrected chi connectivity index (χ4v) is 3.18. The monoisotopic (exact) mass is 292 g/mol. The van der Waals surface area contributed by atoms with Crippen molar-refractivity contribution in [3.05, 3.63) is 15.5 Å². The molecule has 17 heavy (non-hydrogen) atoms. The number of carbonyl (C=O) groups is 1. The van der Waals surface area contributed by atoms with Gasteiger partial charge in [-0.2, -0.15) is 0 Å². The maximum absolute atomic E-state index is 11.9. The molecule has 2 rings (SSSR count). The van der Waals surface area contributed by atoms with E-state index in [0.717, 1.165) is 12.8 Å². The number of thiazole rings is 1. The van der Waals surface area contributed by atoms with Crippen LogP contribution in [0.5, 0.6) is 0 Å². The van der Waals surface area contributed by atoms with Gasteiger partial charge in [0, 0.05) is 6.04 Å². The molecule has 0 radical (unpaired) electrons. The van der Waals surface area contributed by atoms with E-state index < -0.39 is 5.38 Å². The first kappa shape index (κ1) is 13.1. The van der Waals surface area contributed by atoms with Crippen molar-refractivity contribution < 1.29 is 4.79 Å². The molecule has 1 atom stereocenters. The minimum atomic E-state index is -0.727. The van der Waals surface area contributed by atoms with E-state index in [1.54, 1.807) is 0 Å². The standard InChI is InChI=1S/C11H14Cl2N2OS/c12-8-6-14-11(17-8)9(13)10(16)15-7-4-2-1-3-5-7/h6-7,9H,1-5H2,(H,15,16). The Labute approximate surface area is 115 Å². The number of carbonyl (C=O) groups excluding carboxylic acids is 1. The van der Waals surface area contributed by atoms with Gasteiger partial charge < -0.3 is 5.32 Å². The van der Waals surface area contributed by atoms with Crippen LogP contribution >= 0.6 is 34.5 Å². The molecule has 0 aliphatic heterocycles. The van der Waals surface area contributed by atoms with E-state index >= 15 is 0 Å². The van der Waals surface area contributed by atoms with Crippen molar-refractivity contribution in [1.29, 1.82) is 0 Å². The summed E-state index contributed by atoms with van der Waals surface area (Å²) in [7, 11) is 0. The molecule has 1 N–H and O–H groups in total. The minimum absolute atomic E-state index is 0.162. The molecule has 1 aromatic heterocycles. The third kappa shape index (κ3) is 3.57. The number of nitrogens with one attached hydrogen (secondary N) is 1. The SMILES string of the molecule is O=C(NC1CCCCC1)C(Cl)c1ncc(Cl)s1. The lowest BCUT2D eigenvalue weighted by Gasteiger charge is -2.23. The highest BCUT2D eigenvalue weighted by molar-refractivity contribution is 7.16. The van der Waals surface area contributed by atoms with Crippen molar-refractivity contribution in [3.8, 4) is 0 Å². The van der Waals surface area contributed by atoms with E-state index in [0.29, 0.717) is 9.34 Å². The summed E-state index contributed by atoms with van der Waals surface area (Å²) >= 11 is 13.1. The number of aromatic nitrogens is 1. The Balaban J connectivity index is 1.90. The summed E-state index contributed by atoms with van der Waals surface area (Å²) < 4.78 is 0.552. The van der Waals surface area contributed by atoms with Crippen molar-refractivity contribution in [2.75, 3.05) is 0 Å². The molecule has 94 valence electrons. The highest BCUT2D eigenvalue weighted by Crippen LogP contribution is 2.28. The Hall–Kier alpha value is -0.320. The first-order chi connectivity index (χ1) is 8.16. The summed E-state index contributed by atoms with van der Waals surface area (Å²) in [5.74, 6) is -0.162. The molecule has 0 spiro atoms. The summed E-state index contributed by atoms with van der Waals surface area (Å²) in [6.07, 6.45) is 7.24. The van der Waals surface area contributed by atoms with Crippen LogP contribution < -0.4 is 5.32 Å². The molecule has 1 aliphatic carbocycles. The molecular formula is C11H14Cl2N2OS. The molecule has 1 aliphatic rings. The van der Waals surface area contributed by atoms with Crippen molar-refractivity contribution >= 4 is 40.4 Å². The lowest BCUT2D eigenvalue weighted by Crippen LogP contribution is -2.38. The first-order valence-electron chi connectivity index (χ1n) is 5.72. The molecule has 1 heterocycles. The number of hydrogen-bond acceptors (Lipinski definition) is 3. The number of nitrogens with zero attached hydrogens (tertiary/aromatic N) is 1. The molecule has 0 bridgehead atoms. The normalized spacial score (nSPS) is 18.9. The smallest absolute Gasteiger partial charge is 0.245 e. The van der Waals surface area contributed by atoms with Crippen molar-refractivity contribution in [2.24, 2.45) is 0 Å². The fourth-order valence-electron chi connectivity index (χ4n) is 2.02. The van der Waals surface area contributed by atoms with E-state index in [1.807, 2.05) is 0 Å². The van der Waals surface area contributed by atoms with Gasteiger partial charge in [-0.1, -0.05) is 30.9 Å². The number of halogens is 2. The van der Waals surface area contributed by atoms with Crippen LogP contribution in [-0.4, -0.2) is 16.9 Å². The van der Waals surface area contributed by atoms with Gasteiger partial charge in [0.15, 0.2) is 5.38 Å². The molecule has 0 aromatic carbocycles. The molecule has 0 saturated heterocycles. The van der Waals surface area contributed by atoms with Crippen LogP contribution in [0.4, 0.5) is 0 Å². The van der Waals surface area contributed by atoms with Gasteiger partial charge in [-0.3, -0.25) is 4.79 Å². The zero-order chi connectivity index (χ0) is 12.3. The van der Waals surface area contributed by atoms with Crippen molar-refractivity contribution in [2.45, 2.75) is 43.5 Å². The second kappa shape index (κ2) is 6.03. The Kier molecular flexibility index (Phi) is 4.65. The molecule has 1 unspecified atom stereocenters. The predicted molar refractivity (Wildman–Crippen MR) is 70.7 cm³/mol. The lowest BCUT2D eigenvalue weighted by atomic mass is 9.95. The molecule has 1 aromatic rings. The minimum Gasteiger partial charge on any atom is -0.352 e. The van der Waals surface area contributed by atoms with Gasteiger partial charge in [0.2, 0.25) is 5.91 Å². The van der Waals surface area contributed by atoms with Crippen LogP contribution in [0.15, 0.2) is 6.20 Å². The highest BCUT2D eigenvalue weighted by atomic mass is 35.5. The number of amides is 1. The predicted octanol–water partition coefficient (Wildman–Crippen LogP) is 3.53. The van der Waals surface area contributed by atoms with Gasteiger partial charge in [-0.15, -0.1) is 22.9 Å². The lowest BCUT2D eigenvalue weighted by molar-refractivity contribution is -0.121. The first-order valence-corrected chi connectivity index (χ1v) is 7.35. The van der Waals surface area contributed by atoms with Crippen molar-refractivity contribution in [1.82, 2.24) is 10.3 Å². The van der Waals surface area contributed by atoms with E-state index in [4.69, 9.17) is 23.2 Å². The molecule has 1 fully saturated rings. The third-order valence-corrected chi connectivity index (χ3v) is 4.61. The molecule has 1 amide bonds. The second-order valence-electron chi connectivity index (χ2n) is 4.21. The molecule has 6 heteroatoms. The quantitative estimate of drug-likeness (QED) is 0.866. The van der Waals surface area contributed by atoms with Crippen LogP contribution in [0, 0.1) is 0 Å².